The van der Waals surface area contributed by atoms with Gasteiger partial charge in [-0.05, 0) is 51.4 Å². The molecule has 0 aromatic heterocycles. The number of amides is 1. The zero-order valence-electron chi connectivity index (χ0n) is 41.4. The molecule has 0 spiro atoms. The normalized spacial score (nSPS) is 13.0. The average Bonchev–Trinajstić information content (AvgIpc) is 3.26. The number of allylic oxidation sites excluding steroid dienone is 5. The Bertz CT molecular complexity index is 928. The Labute approximate surface area is 382 Å². The zero-order valence-corrected chi connectivity index (χ0v) is 41.4. The van der Waals surface area contributed by atoms with Crippen molar-refractivity contribution in [1.82, 2.24) is 5.32 Å². The van der Waals surface area contributed by atoms with Crippen molar-refractivity contribution >= 4 is 5.91 Å². The molecule has 2 atom stereocenters. The van der Waals surface area contributed by atoms with Gasteiger partial charge in [-0.1, -0.05) is 281 Å². The number of carbonyl (C=O) groups excluding carboxylic acids is 1. The smallest absolute Gasteiger partial charge is 0.220 e. The molecule has 0 aromatic carbocycles. The van der Waals surface area contributed by atoms with Gasteiger partial charge >= 0.3 is 0 Å². The first-order valence-corrected chi connectivity index (χ1v) is 27.7. The standard InChI is InChI=1S/C57H109NO3/c1-3-5-7-9-11-13-15-17-19-21-23-25-27-29-31-33-35-37-39-41-43-45-47-49-51-53-57(61)58-55(54-59)56(60)52-50-48-46-44-42-40-38-36-34-32-30-28-26-24-22-20-18-16-14-12-10-8-6-4-2/h15,17,21,23,50,52,55-56,59-60H,3-14,16,18-20,22,24-49,51,53-54H2,1-2H3,(H,58,61)/b17-15-,23-21-,52-50+. The summed E-state index contributed by atoms with van der Waals surface area (Å²) in [7, 11) is 0. The molecule has 0 aliphatic rings. The quantitative estimate of drug-likeness (QED) is 0.0422. The van der Waals surface area contributed by atoms with Gasteiger partial charge in [0.2, 0.25) is 5.91 Å². The molecular formula is C57H109NO3. The summed E-state index contributed by atoms with van der Waals surface area (Å²) in [5.74, 6) is -0.0611. The molecule has 0 saturated heterocycles. The van der Waals surface area contributed by atoms with E-state index in [4.69, 9.17) is 0 Å². The van der Waals surface area contributed by atoms with Gasteiger partial charge in [-0.2, -0.15) is 0 Å². The molecule has 0 aromatic rings. The van der Waals surface area contributed by atoms with Gasteiger partial charge in [0.05, 0.1) is 18.8 Å². The predicted molar refractivity (Wildman–Crippen MR) is 272 cm³/mol. The lowest BCUT2D eigenvalue weighted by molar-refractivity contribution is -0.123. The van der Waals surface area contributed by atoms with Crippen LogP contribution >= 0.6 is 0 Å². The van der Waals surface area contributed by atoms with Crippen LogP contribution in [0.25, 0.3) is 0 Å². The van der Waals surface area contributed by atoms with Crippen LogP contribution in [0.5, 0.6) is 0 Å². The maximum Gasteiger partial charge on any atom is 0.220 e. The van der Waals surface area contributed by atoms with Gasteiger partial charge in [0, 0.05) is 6.42 Å². The van der Waals surface area contributed by atoms with Crippen LogP contribution in [0, 0.1) is 0 Å². The van der Waals surface area contributed by atoms with E-state index in [1.165, 1.54) is 250 Å². The summed E-state index contributed by atoms with van der Waals surface area (Å²) in [4.78, 5) is 12.5. The molecule has 1 amide bonds. The van der Waals surface area contributed by atoms with Crippen molar-refractivity contribution in [2.75, 3.05) is 6.61 Å². The van der Waals surface area contributed by atoms with Gasteiger partial charge in [-0.25, -0.2) is 0 Å². The lowest BCUT2D eigenvalue weighted by atomic mass is 10.0. The molecule has 3 N–H and O–H groups in total. The lowest BCUT2D eigenvalue weighted by Crippen LogP contribution is -2.45. The minimum atomic E-state index is -0.840. The van der Waals surface area contributed by atoms with Gasteiger partial charge in [0.25, 0.3) is 0 Å². The lowest BCUT2D eigenvalue weighted by Gasteiger charge is -2.20. The summed E-state index contributed by atoms with van der Waals surface area (Å²) < 4.78 is 0. The Hall–Kier alpha value is -1.39. The Kier molecular flexibility index (Phi) is 51.7. The van der Waals surface area contributed by atoms with E-state index in [0.717, 1.165) is 32.1 Å². The van der Waals surface area contributed by atoms with Crippen molar-refractivity contribution in [2.24, 2.45) is 0 Å². The largest absolute Gasteiger partial charge is 0.394 e. The third-order valence-electron chi connectivity index (χ3n) is 12.9. The van der Waals surface area contributed by atoms with Crippen LogP contribution in [0.1, 0.15) is 303 Å². The fourth-order valence-electron chi connectivity index (χ4n) is 8.62. The number of unbranched alkanes of at least 4 members (excludes halogenated alkanes) is 40. The van der Waals surface area contributed by atoms with Gasteiger partial charge in [-0.15, -0.1) is 0 Å². The van der Waals surface area contributed by atoms with E-state index < -0.39 is 12.1 Å². The number of aliphatic hydroxyl groups is 2. The van der Waals surface area contributed by atoms with Crippen LogP contribution in [0.15, 0.2) is 36.5 Å². The molecule has 61 heavy (non-hydrogen) atoms. The van der Waals surface area contributed by atoms with E-state index >= 15 is 0 Å². The van der Waals surface area contributed by atoms with Crippen molar-refractivity contribution in [3.05, 3.63) is 36.5 Å². The summed E-state index contributed by atoms with van der Waals surface area (Å²) in [6.07, 6.45) is 71.5. The van der Waals surface area contributed by atoms with Crippen LogP contribution in [0.4, 0.5) is 0 Å². The second-order valence-electron chi connectivity index (χ2n) is 19.0. The molecule has 0 aliphatic heterocycles. The first-order valence-electron chi connectivity index (χ1n) is 27.7. The molecule has 4 nitrogen and oxygen atoms in total. The fourth-order valence-corrected chi connectivity index (χ4v) is 8.62. The molecule has 4 heteroatoms. The maximum atomic E-state index is 12.5. The highest BCUT2D eigenvalue weighted by molar-refractivity contribution is 5.76. The van der Waals surface area contributed by atoms with Crippen LogP contribution in [-0.4, -0.2) is 34.9 Å². The Morgan fingerprint density at radius 2 is 0.672 bits per heavy atom. The first-order chi connectivity index (χ1) is 30.2. The number of hydrogen-bond donors (Lipinski definition) is 3. The summed E-state index contributed by atoms with van der Waals surface area (Å²) >= 11 is 0. The van der Waals surface area contributed by atoms with Gasteiger partial charge in [0.1, 0.15) is 0 Å². The van der Waals surface area contributed by atoms with Crippen LogP contribution in [0.3, 0.4) is 0 Å². The minimum Gasteiger partial charge on any atom is -0.394 e. The van der Waals surface area contributed by atoms with E-state index in [9.17, 15) is 15.0 Å². The summed E-state index contributed by atoms with van der Waals surface area (Å²) in [6, 6.07) is -0.623. The third kappa shape index (κ3) is 49.5. The summed E-state index contributed by atoms with van der Waals surface area (Å²) in [5, 5.41) is 23.2. The molecule has 0 heterocycles. The Balaban J connectivity index is 3.49. The molecular weight excluding hydrogens is 747 g/mol. The highest BCUT2D eigenvalue weighted by Gasteiger charge is 2.18. The van der Waals surface area contributed by atoms with Crippen LogP contribution in [0.2, 0.25) is 0 Å². The second-order valence-corrected chi connectivity index (χ2v) is 19.0. The number of hydrogen-bond acceptors (Lipinski definition) is 3. The molecule has 360 valence electrons. The van der Waals surface area contributed by atoms with Crippen molar-refractivity contribution < 1.29 is 15.0 Å². The number of aliphatic hydroxyl groups excluding tert-OH is 2. The Morgan fingerprint density at radius 3 is 0.984 bits per heavy atom. The first kappa shape index (κ1) is 59.6. The number of carbonyl (C=O) groups is 1. The zero-order chi connectivity index (χ0) is 44.2. The van der Waals surface area contributed by atoms with Crippen molar-refractivity contribution in [3.8, 4) is 0 Å². The topological polar surface area (TPSA) is 69.6 Å². The van der Waals surface area contributed by atoms with Crippen molar-refractivity contribution in [1.29, 1.82) is 0 Å². The number of rotatable bonds is 51. The average molecular weight is 857 g/mol. The van der Waals surface area contributed by atoms with Gasteiger partial charge < -0.3 is 15.5 Å². The highest BCUT2D eigenvalue weighted by Crippen LogP contribution is 2.17. The van der Waals surface area contributed by atoms with E-state index in [0.29, 0.717) is 6.42 Å². The third-order valence-corrected chi connectivity index (χ3v) is 12.9. The van der Waals surface area contributed by atoms with Gasteiger partial charge in [-0.3, -0.25) is 4.79 Å². The second kappa shape index (κ2) is 53.0. The SMILES string of the molecule is CCCCCCC/C=C\C/C=C\CCCCCCCCCCCCCCCC(=O)NC(CO)C(O)/C=C/CCCCCCCCCCCCCCCCCCCCCCCC. The molecule has 0 radical (unpaired) electrons. The van der Waals surface area contributed by atoms with Crippen molar-refractivity contribution in [3.63, 3.8) is 0 Å². The van der Waals surface area contributed by atoms with E-state index in [1.54, 1.807) is 6.08 Å². The maximum absolute atomic E-state index is 12.5. The monoisotopic (exact) mass is 856 g/mol. The van der Waals surface area contributed by atoms with Crippen molar-refractivity contribution in [2.45, 2.75) is 315 Å². The Morgan fingerprint density at radius 1 is 0.393 bits per heavy atom. The minimum absolute atomic E-state index is 0.0611. The molecule has 0 rings (SSSR count). The number of nitrogens with one attached hydrogen (secondary N) is 1. The van der Waals surface area contributed by atoms with E-state index in [1.807, 2.05) is 6.08 Å². The molecule has 2 unspecified atom stereocenters. The van der Waals surface area contributed by atoms with E-state index in [2.05, 4.69) is 43.5 Å². The fraction of sp³-hybridized carbons (Fsp3) is 0.877. The highest BCUT2D eigenvalue weighted by atomic mass is 16.3. The van der Waals surface area contributed by atoms with Crippen LogP contribution < -0.4 is 5.32 Å². The summed E-state index contributed by atoms with van der Waals surface area (Å²) in [5.41, 5.74) is 0. The summed E-state index contributed by atoms with van der Waals surface area (Å²) in [6.45, 7) is 4.33. The molecule has 0 bridgehead atoms. The molecule has 0 saturated carbocycles. The predicted octanol–water partition coefficient (Wildman–Crippen LogP) is 18.1. The van der Waals surface area contributed by atoms with Gasteiger partial charge in [0.15, 0.2) is 0 Å². The van der Waals surface area contributed by atoms with Crippen LogP contribution in [-0.2, 0) is 4.79 Å². The van der Waals surface area contributed by atoms with E-state index in [-0.39, 0.29) is 12.5 Å². The molecule has 0 fully saturated rings. The molecule has 0 aliphatic carbocycles.